The second kappa shape index (κ2) is 5.44. The van der Waals surface area contributed by atoms with Gasteiger partial charge < -0.3 is 15.3 Å². The average molecular weight is 250 g/mol. The maximum Gasteiger partial charge on any atom is 0.154 e. The van der Waals surface area contributed by atoms with Crippen LogP contribution in [0.2, 0.25) is 0 Å². The summed E-state index contributed by atoms with van der Waals surface area (Å²) < 4.78 is 22.5. The third-order valence-corrected chi connectivity index (χ3v) is 4.79. The Kier molecular flexibility index (Phi) is 4.73. The van der Waals surface area contributed by atoms with Crippen LogP contribution in [0.3, 0.4) is 0 Å². The lowest BCUT2D eigenvalue weighted by Crippen LogP contribution is -2.43. The van der Waals surface area contributed by atoms with Crippen LogP contribution >= 0.6 is 0 Å². The number of nitrogens with one attached hydrogen (secondary N) is 1. The van der Waals surface area contributed by atoms with Gasteiger partial charge in [-0.25, -0.2) is 8.42 Å². The quantitative estimate of drug-likeness (QED) is 0.660. The fourth-order valence-electron chi connectivity index (χ4n) is 1.71. The first-order chi connectivity index (χ1) is 7.32. The fourth-order valence-corrected chi connectivity index (χ4v) is 3.48. The van der Waals surface area contributed by atoms with Crippen LogP contribution in [-0.2, 0) is 9.84 Å². The van der Waals surface area contributed by atoms with E-state index >= 15 is 0 Å². The van der Waals surface area contributed by atoms with Crippen molar-refractivity contribution in [2.45, 2.75) is 32.0 Å². The highest BCUT2D eigenvalue weighted by Crippen LogP contribution is 2.12. The van der Waals surface area contributed by atoms with Gasteiger partial charge in [-0.3, -0.25) is 0 Å². The molecule has 2 atom stereocenters. The lowest BCUT2D eigenvalue weighted by atomic mass is 10.2. The van der Waals surface area contributed by atoms with Crippen molar-refractivity contribution in [2.75, 3.05) is 31.6 Å². The summed E-state index contributed by atoms with van der Waals surface area (Å²) in [6.07, 6.45) is -0.755. The first kappa shape index (κ1) is 13.9. The summed E-state index contributed by atoms with van der Waals surface area (Å²) in [5.74, 6) is -0.0513. The van der Waals surface area contributed by atoms with E-state index in [1.807, 2.05) is 7.05 Å². The van der Waals surface area contributed by atoms with Crippen LogP contribution in [-0.4, -0.2) is 68.3 Å². The van der Waals surface area contributed by atoms with E-state index in [1.165, 1.54) is 0 Å². The number of hydrogen-bond acceptors (Lipinski definition) is 5. The largest absolute Gasteiger partial charge is 0.390 e. The Morgan fingerprint density at radius 3 is 2.50 bits per heavy atom. The molecule has 0 saturated carbocycles. The second-order valence-corrected chi connectivity index (χ2v) is 6.93. The third-order valence-electron chi connectivity index (χ3n) is 3.08. The second-order valence-electron chi connectivity index (χ2n) is 4.78. The van der Waals surface area contributed by atoms with Crippen LogP contribution < -0.4 is 5.32 Å². The van der Waals surface area contributed by atoms with E-state index in [0.717, 1.165) is 6.54 Å². The van der Waals surface area contributed by atoms with Gasteiger partial charge in [0.15, 0.2) is 9.84 Å². The van der Waals surface area contributed by atoms with Crippen molar-refractivity contribution >= 4 is 9.84 Å². The highest BCUT2D eigenvalue weighted by molar-refractivity contribution is 7.91. The van der Waals surface area contributed by atoms with Gasteiger partial charge in [-0.2, -0.15) is 0 Å². The Morgan fingerprint density at radius 2 is 2.06 bits per heavy atom. The Hall–Kier alpha value is -0.170. The Labute approximate surface area is 97.7 Å². The molecule has 1 aliphatic rings. The Morgan fingerprint density at radius 1 is 1.44 bits per heavy atom. The topological polar surface area (TPSA) is 69.6 Å². The van der Waals surface area contributed by atoms with Gasteiger partial charge in [0.25, 0.3) is 0 Å². The van der Waals surface area contributed by atoms with Crippen molar-refractivity contribution in [1.82, 2.24) is 10.2 Å². The standard InChI is InChI=1S/C10H22N2O3S/c1-8(2)12(3)5-4-11-9-6-16(14,15)7-10(9)13/h8-11,13H,4-7H2,1-3H3. The fraction of sp³-hybridized carbons (Fsp3) is 1.00. The lowest BCUT2D eigenvalue weighted by Gasteiger charge is -2.22. The van der Waals surface area contributed by atoms with Gasteiger partial charge in [0.1, 0.15) is 0 Å². The summed E-state index contributed by atoms with van der Waals surface area (Å²) in [6, 6.07) is 0.171. The molecule has 2 N–H and O–H groups in total. The molecule has 0 aromatic carbocycles. The van der Waals surface area contributed by atoms with E-state index in [0.29, 0.717) is 12.6 Å². The minimum atomic E-state index is -3.04. The molecule has 96 valence electrons. The van der Waals surface area contributed by atoms with E-state index in [9.17, 15) is 13.5 Å². The lowest BCUT2D eigenvalue weighted by molar-refractivity contribution is 0.162. The number of likely N-dealkylation sites (N-methyl/N-ethyl adjacent to an activating group) is 1. The van der Waals surface area contributed by atoms with Crippen molar-refractivity contribution < 1.29 is 13.5 Å². The minimum absolute atomic E-state index is 0.0551. The van der Waals surface area contributed by atoms with Crippen molar-refractivity contribution in [3.63, 3.8) is 0 Å². The van der Waals surface area contributed by atoms with Gasteiger partial charge >= 0.3 is 0 Å². The maximum atomic E-state index is 11.2. The number of hydrogen-bond donors (Lipinski definition) is 2. The molecular formula is C10H22N2O3S. The number of aliphatic hydroxyl groups excluding tert-OH is 1. The number of aliphatic hydroxyl groups is 1. The molecule has 0 radical (unpaired) electrons. The zero-order valence-electron chi connectivity index (χ0n) is 10.2. The van der Waals surface area contributed by atoms with Crippen molar-refractivity contribution in [1.29, 1.82) is 0 Å². The summed E-state index contributed by atoms with van der Waals surface area (Å²) in [4.78, 5) is 2.17. The molecule has 0 aliphatic carbocycles. The third kappa shape index (κ3) is 4.01. The van der Waals surface area contributed by atoms with Gasteiger partial charge in [-0.1, -0.05) is 0 Å². The molecule has 0 amide bonds. The van der Waals surface area contributed by atoms with E-state index in [1.54, 1.807) is 0 Å². The number of nitrogens with zero attached hydrogens (tertiary/aromatic N) is 1. The van der Waals surface area contributed by atoms with Crippen LogP contribution in [0.1, 0.15) is 13.8 Å². The molecule has 1 aliphatic heterocycles. The molecule has 2 unspecified atom stereocenters. The molecule has 0 aromatic heterocycles. The monoisotopic (exact) mass is 250 g/mol. The number of sulfone groups is 1. The van der Waals surface area contributed by atoms with Crippen LogP contribution in [0.15, 0.2) is 0 Å². The van der Waals surface area contributed by atoms with Gasteiger partial charge in [0.05, 0.1) is 17.6 Å². The summed E-state index contributed by atoms with van der Waals surface area (Å²) >= 11 is 0. The predicted molar refractivity (Wildman–Crippen MR) is 64.2 cm³/mol. The molecule has 0 aromatic rings. The van der Waals surface area contributed by atoms with Crippen LogP contribution in [0.4, 0.5) is 0 Å². The van der Waals surface area contributed by atoms with E-state index in [2.05, 4.69) is 24.1 Å². The van der Waals surface area contributed by atoms with E-state index in [-0.39, 0.29) is 17.5 Å². The van der Waals surface area contributed by atoms with Crippen LogP contribution in [0, 0.1) is 0 Å². The molecular weight excluding hydrogens is 228 g/mol. The Balaban J connectivity index is 2.29. The summed E-state index contributed by atoms with van der Waals surface area (Å²) in [7, 11) is -1.02. The van der Waals surface area contributed by atoms with Gasteiger partial charge in [0, 0.05) is 25.2 Å². The van der Waals surface area contributed by atoms with Crippen molar-refractivity contribution in [3.05, 3.63) is 0 Å². The maximum absolute atomic E-state index is 11.2. The van der Waals surface area contributed by atoms with Crippen LogP contribution in [0.5, 0.6) is 0 Å². The van der Waals surface area contributed by atoms with Crippen molar-refractivity contribution in [2.24, 2.45) is 0 Å². The molecule has 16 heavy (non-hydrogen) atoms. The highest BCUT2D eigenvalue weighted by Gasteiger charge is 2.35. The molecule has 5 nitrogen and oxygen atoms in total. The normalized spacial score (nSPS) is 29.1. The van der Waals surface area contributed by atoms with Gasteiger partial charge in [-0.15, -0.1) is 0 Å². The molecule has 0 bridgehead atoms. The molecule has 6 heteroatoms. The van der Waals surface area contributed by atoms with Gasteiger partial charge in [-0.05, 0) is 20.9 Å². The predicted octanol–water partition coefficient (Wildman–Crippen LogP) is -0.926. The zero-order chi connectivity index (χ0) is 12.3. The van der Waals surface area contributed by atoms with E-state index < -0.39 is 15.9 Å². The smallest absolute Gasteiger partial charge is 0.154 e. The molecule has 0 spiro atoms. The summed E-state index contributed by atoms with van der Waals surface area (Å²) in [5, 5.41) is 12.6. The minimum Gasteiger partial charge on any atom is -0.390 e. The molecule has 1 rings (SSSR count). The highest BCUT2D eigenvalue weighted by atomic mass is 32.2. The van der Waals surface area contributed by atoms with Crippen molar-refractivity contribution in [3.8, 4) is 0 Å². The first-order valence-electron chi connectivity index (χ1n) is 5.64. The first-order valence-corrected chi connectivity index (χ1v) is 7.46. The molecule has 1 saturated heterocycles. The van der Waals surface area contributed by atoms with Gasteiger partial charge in [0.2, 0.25) is 0 Å². The SMILES string of the molecule is CC(C)N(C)CCNC1CS(=O)(=O)CC1O. The zero-order valence-corrected chi connectivity index (χ0v) is 11.0. The Bertz CT molecular complexity index is 316. The average Bonchev–Trinajstić information content (AvgIpc) is 2.39. The summed E-state index contributed by atoms with van der Waals surface area (Å²) in [5.41, 5.74) is 0. The van der Waals surface area contributed by atoms with Crippen LogP contribution in [0.25, 0.3) is 0 Å². The molecule has 1 heterocycles. The van der Waals surface area contributed by atoms with E-state index in [4.69, 9.17) is 0 Å². The number of rotatable bonds is 5. The molecule has 1 fully saturated rings. The summed E-state index contributed by atoms with van der Waals surface area (Å²) in [6.45, 7) is 5.76.